The first kappa shape index (κ1) is 22.8. The molecule has 1 aliphatic rings. The molecule has 0 spiro atoms. The van der Waals surface area contributed by atoms with Crippen LogP contribution >= 0.6 is 11.6 Å². The molecule has 0 aromatic heterocycles. The van der Waals surface area contributed by atoms with Crippen molar-refractivity contribution in [3.05, 3.63) is 47.5 Å². The predicted molar refractivity (Wildman–Crippen MR) is 117 cm³/mol. The lowest BCUT2D eigenvalue weighted by molar-refractivity contribution is 0.145. The highest BCUT2D eigenvalue weighted by Gasteiger charge is 2.25. The van der Waals surface area contributed by atoms with Gasteiger partial charge in [-0.15, -0.1) is 0 Å². The number of nitrogens with zero attached hydrogens (tertiary/aromatic N) is 2. The molecule has 1 fully saturated rings. The van der Waals surface area contributed by atoms with Crippen LogP contribution in [-0.4, -0.2) is 59.5 Å². The molecule has 1 saturated heterocycles. The van der Waals surface area contributed by atoms with Gasteiger partial charge in [0.25, 0.3) is 10.0 Å². The Kier molecular flexibility index (Phi) is 6.63. The Labute approximate surface area is 182 Å². The van der Waals surface area contributed by atoms with Crippen LogP contribution in [0, 0.1) is 0 Å². The molecule has 0 atom stereocenters. The minimum Gasteiger partial charge on any atom is -0.393 e. The van der Waals surface area contributed by atoms with Gasteiger partial charge >= 0.3 is 0 Å². The number of aliphatic hydroxyl groups is 1. The van der Waals surface area contributed by atoms with Gasteiger partial charge in [-0.3, -0.25) is 4.72 Å². The Bertz CT molecular complexity index is 1110. The van der Waals surface area contributed by atoms with Crippen molar-refractivity contribution < 1.29 is 21.9 Å². The van der Waals surface area contributed by atoms with Crippen molar-refractivity contribution >= 4 is 43.0 Å². The van der Waals surface area contributed by atoms with Crippen LogP contribution in [0.25, 0.3) is 0 Å². The van der Waals surface area contributed by atoms with E-state index in [1.807, 2.05) is 4.90 Å². The molecule has 0 saturated carbocycles. The standard InChI is InChI=1S/C19H24ClN3O5S2/c1-22(2)30(27,28)16-8-6-15(7-9-16)29(25,26)21-18-5-3-4-17(20)19(18)23-12-10-14(24)11-13-23/h3-9,14,21,24H,10-13H2,1-2H3. The Morgan fingerprint density at radius 3 is 2.13 bits per heavy atom. The molecule has 2 aromatic carbocycles. The highest BCUT2D eigenvalue weighted by atomic mass is 35.5. The molecule has 164 valence electrons. The Balaban J connectivity index is 1.90. The third-order valence-corrected chi connectivity index (χ3v) is 8.44. The van der Waals surface area contributed by atoms with Crippen molar-refractivity contribution in [1.29, 1.82) is 0 Å². The second-order valence-electron chi connectivity index (χ2n) is 7.22. The van der Waals surface area contributed by atoms with E-state index in [0.717, 1.165) is 4.31 Å². The molecule has 3 rings (SSSR count). The summed E-state index contributed by atoms with van der Waals surface area (Å²) in [5, 5.41) is 10.1. The summed E-state index contributed by atoms with van der Waals surface area (Å²) < 4.78 is 53.8. The van der Waals surface area contributed by atoms with Crippen LogP contribution in [0.4, 0.5) is 11.4 Å². The molecule has 11 heteroatoms. The molecule has 1 heterocycles. The van der Waals surface area contributed by atoms with Crippen LogP contribution in [0.5, 0.6) is 0 Å². The average molecular weight is 474 g/mol. The smallest absolute Gasteiger partial charge is 0.261 e. The van der Waals surface area contributed by atoms with Crippen molar-refractivity contribution in [2.45, 2.75) is 28.7 Å². The van der Waals surface area contributed by atoms with Gasteiger partial charge in [0.2, 0.25) is 10.0 Å². The minimum absolute atomic E-state index is 0.00164. The van der Waals surface area contributed by atoms with Crippen LogP contribution in [0.1, 0.15) is 12.8 Å². The Morgan fingerprint density at radius 2 is 1.57 bits per heavy atom. The van der Waals surface area contributed by atoms with Gasteiger partial charge in [-0.1, -0.05) is 17.7 Å². The molecule has 2 aromatic rings. The van der Waals surface area contributed by atoms with Gasteiger partial charge < -0.3 is 10.0 Å². The van der Waals surface area contributed by atoms with Crippen molar-refractivity contribution in [1.82, 2.24) is 4.31 Å². The molecule has 8 nitrogen and oxygen atoms in total. The minimum atomic E-state index is -3.98. The number of anilines is 2. The fraction of sp³-hybridized carbons (Fsp3) is 0.368. The number of aliphatic hydroxyl groups excluding tert-OH is 1. The van der Waals surface area contributed by atoms with E-state index in [4.69, 9.17) is 11.6 Å². The maximum absolute atomic E-state index is 12.9. The maximum Gasteiger partial charge on any atom is 0.261 e. The van der Waals surface area contributed by atoms with E-state index in [9.17, 15) is 21.9 Å². The van der Waals surface area contributed by atoms with Crippen LogP contribution < -0.4 is 9.62 Å². The summed E-state index contributed by atoms with van der Waals surface area (Å²) in [7, 11) is -4.82. The first-order chi connectivity index (χ1) is 14.0. The number of halogens is 1. The fourth-order valence-electron chi connectivity index (χ4n) is 3.21. The summed E-state index contributed by atoms with van der Waals surface area (Å²) in [6.07, 6.45) is 0.763. The van der Waals surface area contributed by atoms with E-state index in [-0.39, 0.29) is 15.9 Å². The van der Waals surface area contributed by atoms with Gasteiger partial charge in [-0.2, -0.15) is 0 Å². The Morgan fingerprint density at radius 1 is 1.00 bits per heavy atom. The van der Waals surface area contributed by atoms with Crippen LogP contribution in [0.15, 0.2) is 52.3 Å². The summed E-state index contributed by atoms with van der Waals surface area (Å²) in [4.78, 5) is 1.88. The van der Waals surface area contributed by atoms with E-state index in [2.05, 4.69) is 4.72 Å². The predicted octanol–water partition coefficient (Wildman–Crippen LogP) is 2.35. The topological polar surface area (TPSA) is 107 Å². The highest BCUT2D eigenvalue weighted by molar-refractivity contribution is 7.92. The number of benzene rings is 2. The second-order valence-corrected chi connectivity index (χ2v) is 11.5. The van der Waals surface area contributed by atoms with Crippen molar-refractivity contribution in [3.63, 3.8) is 0 Å². The van der Waals surface area contributed by atoms with E-state index >= 15 is 0 Å². The Hall–Kier alpha value is -1.85. The molecule has 0 bridgehead atoms. The van der Waals surface area contributed by atoms with Crippen LogP contribution in [0.2, 0.25) is 5.02 Å². The number of hydrogen-bond acceptors (Lipinski definition) is 6. The first-order valence-electron chi connectivity index (χ1n) is 9.29. The van der Waals surface area contributed by atoms with E-state index in [1.54, 1.807) is 18.2 Å². The van der Waals surface area contributed by atoms with Gasteiger partial charge in [0.05, 0.1) is 32.3 Å². The molecule has 0 aliphatic carbocycles. The summed E-state index contributed by atoms with van der Waals surface area (Å²) in [6.45, 7) is 1.10. The summed E-state index contributed by atoms with van der Waals surface area (Å²) in [5.41, 5.74) is 0.880. The number of piperidine rings is 1. The van der Waals surface area contributed by atoms with Crippen LogP contribution in [0.3, 0.4) is 0 Å². The van der Waals surface area contributed by atoms with E-state index in [1.165, 1.54) is 38.4 Å². The molecular weight excluding hydrogens is 450 g/mol. The molecular formula is C19H24ClN3O5S2. The van der Waals surface area contributed by atoms with Crippen molar-refractivity contribution in [2.75, 3.05) is 36.8 Å². The van der Waals surface area contributed by atoms with Crippen molar-refractivity contribution in [2.24, 2.45) is 0 Å². The number of sulfonamides is 2. The summed E-state index contributed by atoms with van der Waals surface area (Å²) in [6, 6.07) is 9.97. The monoisotopic (exact) mass is 473 g/mol. The number of para-hydroxylation sites is 1. The molecule has 0 amide bonds. The van der Waals surface area contributed by atoms with Gasteiger partial charge in [0, 0.05) is 27.2 Å². The lowest BCUT2D eigenvalue weighted by Gasteiger charge is -2.33. The van der Waals surface area contributed by atoms with Gasteiger partial charge in [0.1, 0.15) is 0 Å². The van der Waals surface area contributed by atoms with E-state index < -0.39 is 20.0 Å². The first-order valence-corrected chi connectivity index (χ1v) is 12.6. The zero-order valence-corrected chi connectivity index (χ0v) is 19.0. The average Bonchev–Trinajstić information content (AvgIpc) is 2.69. The number of rotatable bonds is 6. The highest BCUT2D eigenvalue weighted by Crippen LogP contribution is 2.36. The zero-order valence-electron chi connectivity index (χ0n) is 16.6. The largest absolute Gasteiger partial charge is 0.393 e. The summed E-state index contributed by atoms with van der Waals surface area (Å²) >= 11 is 6.36. The lowest BCUT2D eigenvalue weighted by atomic mass is 10.1. The second kappa shape index (κ2) is 8.72. The number of hydrogen-bond donors (Lipinski definition) is 2. The fourth-order valence-corrected chi connectivity index (χ4v) is 5.48. The third-order valence-electron chi connectivity index (χ3n) is 4.92. The molecule has 1 aliphatic heterocycles. The molecule has 30 heavy (non-hydrogen) atoms. The van der Waals surface area contributed by atoms with Gasteiger partial charge in [-0.05, 0) is 49.2 Å². The molecule has 0 unspecified atom stereocenters. The van der Waals surface area contributed by atoms with Crippen molar-refractivity contribution in [3.8, 4) is 0 Å². The normalized spacial score (nSPS) is 16.1. The molecule has 2 N–H and O–H groups in total. The van der Waals surface area contributed by atoms with Gasteiger partial charge in [-0.25, -0.2) is 21.1 Å². The molecule has 0 radical (unpaired) electrons. The summed E-state index contributed by atoms with van der Waals surface area (Å²) in [5.74, 6) is 0. The zero-order chi connectivity index (χ0) is 22.1. The quantitative estimate of drug-likeness (QED) is 0.666. The maximum atomic E-state index is 12.9. The SMILES string of the molecule is CN(C)S(=O)(=O)c1ccc(S(=O)(=O)Nc2cccc(Cl)c2N2CCC(O)CC2)cc1. The van der Waals surface area contributed by atoms with E-state index in [0.29, 0.717) is 42.3 Å². The number of nitrogens with one attached hydrogen (secondary N) is 1. The third kappa shape index (κ3) is 4.73. The lowest BCUT2D eigenvalue weighted by Crippen LogP contribution is -2.36. The van der Waals surface area contributed by atoms with Crippen LogP contribution in [-0.2, 0) is 20.0 Å². The van der Waals surface area contributed by atoms with Gasteiger partial charge in [0.15, 0.2) is 0 Å².